The maximum absolute atomic E-state index is 13.3. The second kappa shape index (κ2) is 4.49. The van der Waals surface area contributed by atoms with E-state index >= 15 is 0 Å². The zero-order valence-corrected chi connectivity index (χ0v) is 11.4. The number of carbonyl (C=O) groups is 1. The molecule has 4 heteroatoms. The number of nitrogens with zero attached hydrogens (tertiary/aromatic N) is 1. The quantitative estimate of drug-likeness (QED) is 0.505. The van der Waals surface area contributed by atoms with E-state index in [4.69, 9.17) is 0 Å². The Bertz CT molecular complexity index is 976. The van der Waals surface area contributed by atoms with Crippen LogP contribution in [0, 0.1) is 11.0 Å². The van der Waals surface area contributed by atoms with Crippen molar-refractivity contribution in [3.63, 3.8) is 0 Å². The third-order valence-electron chi connectivity index (χ3n) is 3.86. The Balaban J connectivity index is 1.92. The minimum atomic E-state index is -0.528. The summed E-state index contributed by atoms with van der Waals surface area (Å²) in [6, 6.07) is 16.7. The molecule has 0 fully saturated rings. The molecule has 0 saturated carbocycles. The van der Waals surface area contributed by atoms with E-state index in [2.05, 4.69) is 0 Å². The van der Waals surface area contributed by atoms with Gasteiger partial charge in [-0.25, -0.2) is 4.39 Å². The molecule has 0 aliphatic carbocycles. The minimum Gasteiger partial charge on any atom is -0.618 e. The summed E-state index contributed by atoms with van der Waals surface area (Å²) in [6.45, 7) is 0. The fourth-order valence-corrected chi connectivity index (χ4v) is 2.79. The summed E-state index contributed by atoms with van der Waals surface area (Å²) in [4.78, 5) is 12.5. The van der Waals surface area contributed by atoms with E-state index in [9.17, 15) is 14.4 Å². The number of fused-ring (bicyclic) bond motifs is 2. The van der Waals surface area contributed by atoms with Crippen molar-refractivity contribution in [2.75, 3.05) is 0 Å². The standard InChI is InChI=1S/C18H10FNO2/c19-14-7-8-16-15(10-14)18(21)17(20(16)22)13-6-5-11-3-1-2-4-12(11)9-13/h1-10H. The fraction of sp³-hybridized carbons (Fsp3) is 0. The highest BCUT2D eigenvalue weighted by molar-refractivity contribution is 6.52. The predicted molar refractivity (Wildman–Crippen MR) is 82.1 cm³/mol. The average molecular weight is 291 g/mol. The van der Waals surface area contributed by atoms with Crippen molar-refractivity contribution in [3.8, 4) is 0 Å². The zero-order chi connectivity index (χ0) is 15.3. The van der Waals surface area contributed by atoms with Crippen LogP contribution in [0.4, 0.5) is 10.1 Å². The summed E-state index contributed by atoms with van der Waals surface area (Å²) in [7, 11) is 0. The van der Waals surface area contributed by atoms with Gasteiger partial charge in [-0.1, -0.05) is 30.3 Å². The number of halogens is 1. The highest BCUT2D eigenvalue weighted by Crippen LogP contribution is 2.29. The first-order valence-electron chi connectivity index (χ1n) is 6.83. The monoisotopic (exact) mass is 291 g/mol. The Kier molecular flexibility index (Phi) is 2.60. The molecule has 0 atom stereocenters. The van der Waals surface area contributed by atoms with Crippen LogP contribution >= 0.6 is 0 Å². The van der Waals surface area contributed by atoms with Crippen molar-refractivity contribution in [1.29, 1.82) is 0 Å². The van der Waals surface area contributed by atoms with Crippen molar-refractivity contribution in [2.24, 2.45) is 0 Å². The lowest BCUT2D eigenvalue weighted by Crippen LogP contribution is -2.16. The first-order chi connectivity index (χ1) is 10.6. The van der Waals surface area contributed by atoms with E-state index in [1.54, 1.807) is 12.1 Å². The lowest BCUT2D eigenvalue weighted by Gasteiger charge is -2.03. The summed E-state index contributed by atoms with van der Waals surface area (Å²) >= 11 is 0. The van der Waals surface area contributed by atoms with Crippen LogP contribution < -0.4 is 0 Å². The van der Waals surface area contributed by atoms with E-state index in [1.807, 2.05) is 30.3 Å². The van der Waals surface area contributed by atoms with Crippen LogP contribution in [0.25, 0.3) is 10.8 Å². The highest BCUT2D eigenvalue weighted by atomic mass is 19.1. The van der Waals surface area contributed by atoms with Crippen LogP contribution in [0.5, 0.6) is 0 Å². The summed E-state index contributed by atoms with van der Waals surface area (Å²) < 4.78 is 13.9. The van der Waals surface area contributed by atoms with Crippen LogP contribution in [0.15, 0.2) is 60.7 Å². The zero-order valence-electron chi connectivity index (χ0n) is 11.4. The van der Waals surface area contributed by atoms with Gasteiger partial charge in [0.05, 0.1) is 5.56 Å². The third-order valence-corrected chi connectivity index (χ3v) is 3.86. The van der Waals surface area contributed by atoms with Crippen LogP contribution in [0.1, 0.15) is 15.9 Å². The molecule has 0 bridgehead atoms. The largest absolute Gasteiger partial charge is 0.618 e. The van der Waals surface area contributed by atoms with Crippen LogP contribution in [0.2, 0.25) is 0 Å². The molecular weight excluding hydrogens is 281 g/mol. The van der Waals surface area contributed by atoms with Gasteiger partial charge in [0, 0.05) is 6.07 Å². The molecule has 0 N–H and O–H groups in total. The lowest BCUT2D eigenvalue weighted by molar-refractivity contribution is -0.355. The highest BCUT2D eigenvalue weighted by Gasteiger charge is 2.36. The van der Waals surface area contributed by atoms with Gasteiger partial charge in [-0.15, -0.1) is 0 Å². The molecule has 0 spiro atoms. The Labute approximate surface area is 125 Å². The summed E-state index contributed by atoms with van der Waals surface area (Å²) in [5.74, 6) is -0.972. The fourth-order valence-electron chi connectivity index (χ4n) is 2.79. The second-order valence-electron chi connectivity index (χ2n) is 5.20. The lowest BCUT2D eigenvalue weighted by atomic mass is 10.00. The van der Waals surface area contributed by atoms with Crippen LogP contribution in [-0.4, -0.2) is 16.2 Å². The molecule has 0 amide bonds. The van der Waals surface area contributed by atoms with Gasteiger partial charge in [-0.3, -0.25) is 4.79 Å². The maximum atomic E-state index is 13.3. The van der Waals surface area contributed by atoms with Gasteiger partial charge in [0.2, 0.25) is 5.69 Å². The van der Waals surface area contributed by atoms with E-state index in [0.29, 0.717) is 10.3 Å². The molecule has 0 unspecified atom stereocenters. The predicted octanol–water partition coefficient (Wildman–Crippen LogP) is 3.81. The second-order valence-corrected chi connectivity index (χ2v) is 5.20. The van der Waals surface area contributed by atoms with Gasteiger partial charge in [0.25, 0.3) is 11.5 Å². The van der Waals surface area contributed by atoms with Crippen molar-refractivity contribution < 1.29 is 13.9 Å². The van der Waals surface area contributed by atoms with E-state index in [1.165, 1.54) is 12.1 Å². The molecule has 3 nitrogen and oxygen atoms in total. The van der Waals surface area contributed by atoms with Crippen LogP contribution in [-0.2, 0) is 0 Å². The molecule has 1 aliphatic heterocycles. The summed E-state index contributed by atoms with van der Waals surface area (Å²) in [5, 5.41) is 14.4. The van der Waals surface area contributed by atoms with Gasteiger partial charge in [0.1, 0.15) is 11.4 Å². The summed E-state index contributed by atoms with van der Waals surface area (Å²) in [6.07, 6.45) is 0. The number of hydrogen-bond donors (Lipinski definition) is 0. The van der Waals surface area contributed by atoms with E-state index < -0.39 is 11.6 Å². The Hall–Kier alpha value is -3.01. The third kappa shape index (κ3) is 1.74. The van der Waals surface area contributed by atoms with Gasteiger partial charge in [-0.05, 0) is 35.0 Å². The maximum Gasteiger partial charge on any atom is 0.272 e. The number of benzene rings is 3. The first-order valence-corrected chi connectivity index (χ1v) is 6.83. The Morgan fingerprint density at radius 2 is 1.68 bits per heavy atom. The molecule has 22 heavy (non-hydrogen) atoms. The number of carbonyl (C=O) groups excluding carboxylic acids is 1. The molecule has 1 aliphatic rings. The topological polar surface area (TPSA) is 43.1 Å². The van der Waals surface area contributed by atoms with Crippen molar-refractivity contribution in [3.05, 3.63) is 82.8 Å². The van der Waals surface area contributed by atoms with E-state index in [-0.39, 0.29) is 17.0 Å². The SMILES string of the molecule is O=C1C(c2ccc3ccccc3c2)=[N+]([O-])c2ccc(F)cc21. The van der Waals surface area contributed by atoms with Gasteiger partial charge < -0.3 is 5.21 Å². The van der Waals surface area contributed by atoms with Gasteiger partial charge in [0.15, 0.2) is 0 Å². The number of hydrogen-bond acceptors (Lipinski definition) is 2. The molecule has 0 radical (unpaired) electrons. The minimum absolute atomic E-state index is 0.0337. The smallest absolute Gasteiger partial charge is 0.272 e. The molecule has 0 aromatic heterocycles. The number of rotatable bonds is 1. The van der Waals surface area contributed by atoms with Crippen molar-refractivity contribution in [1.82, 2.24) is 0 Å². The molecule has 0 saturated heterocycles. The van der Waals surface area contributed by atoms with Crippen LogP contribution in [0.3, 0.4) is 0 Å². The summed E-state index contributed by atoms with van der Waals surface area (Å²) in [5.41, 5.74) is 0.870. The molecule has 3 aromatic carbocycles. The molecular formula is C18H10FNO2. The van der Waals surface area contributed by atoms with Gasteiger partial charge in [-0.2, -0.15) is 4.74 Å². The Morgan fingerprint density at radius 3 is 2.50 bits per heavy atom. The molecule has 3 aromatic rings. The van der Waals surface area contributed by atoms with Crippen molar-refractivity contribution >= 4 is 28.0 Å². The van der Waals surface area contributed by atoms with Gasteiger partial charge >= 0.3 is 0 Å². The molecule has 1 heterocycles. The molecule has 106 valence electrons. The number of Topliss-reactive ketones (excluding diaryl/α,β-unsaturated/α-hetero) is 1. The average Bonchev–Trinajstić information content (AvgIpc) is 2.78. The Morgan fingerprint density at radius 1 is 0.909 bits per heavy atom. The normalized spacial score (nSPS) is 13.8. The van der Waals surface area contributed by atoms with E-state index in [0.717, 1.165) is 16.8 Å². The molecule has 4 rings (SSSR count). The number of ketones is 1. The van der Waals surface area contributed by atoms with Crippen molar-refractivity contribution in [2.45, 2.75) is 0 Å². The first kappa shape index (κ1) is 12.7.